The predicted molar refractivity (Wildman–Crippen MR) is 36.1 cm³/mol. The molecule has 0 heterocycles. The van der Waals surface area contributed by atoms with Crippen LogP contribution in [0.3, 0.4) is 0 Å². The Bertz CT molecular complexity index is 119. The molecule has 0 radical (unpaired) electrons. The molecule has 0 rings (SSSR count). The summed E-state index contributed by atoms with van der Waals surface area (Å²) in [7, 11) is 1.57. The smallest absolute Gasteiger partial charge is 0.155 e. The van der Waals surface area contributed by atoms with E-state index < -0.39 is 0 Å². The third-order valence-electron chi connectivity index (χ3n) is 0.975. The molecule has 0 bridgehead atoms. The number of hydrogen-bond acceptors (Lipinski definition) is 2. The first-order chi connectivity index (χ1) is 4.20. The molecule has 0 N–H and O–H groups in total. The monoisotopic (exact) mass is 128 g/mol. The van der Waals surface area contributed by atoms with E-state index in [1.54, 1.807) is 7.11 Å². The van der Waals surface area contributed by atoms with Gasteiger partial charge in [-0.2, -0.15) is 0 Å². The molecule has 0 amide bonds. The van der Waals surface area contributed by atoms with Crippen LogP contribution in [0.4, 0.5) is 0 Å². The maximum atomic E-state index is 10.4. The largest absolute Gasteiger partial charge is 0.501 e. The summed E-state index contributed by atoms with van der Waals surface area (Å²) in [5.41, 5.74) is 0. The van der Waals surface area contributed by atoms with E-state index in [0.29, 0.717) is 0 Å². The summed E-state index contributed by atoms with van der Waals surface area (Å²) < 4.78 is 4.85. The molecule has 0 aliphatic heterocycles. The Morgan fingerprint density at radius 2 is 2.22 bits per heavy atom. The van der Waals surface area contributed by atoms with Crippen LogP contribution in [0.15, 0.2) is 11.8 Å². The Labute approximate surface area is 55.5 Å². The van der Waals surface area contributed by atoms with Crippen LogP contribution in [0.1, 0.15) is 20.3 Å². The second-order valence-electron chi connectivity index (χ2n) is 1.78. The number of carbonyl (C=O) groups is 1. The van der Waals surface area contributed by atoms with Crippen molar-refractivity contribution in [2.75, 3.05) is 7.11 Å². The van der Waals surface area contributed by atoms with Crippen molar-refractivity contribution >= 4 is 5.78 Å². The van der Waals surface area contributed by atoms with Crippen LogP contribution < -0.4 is 0 Å². The van der Waals surface area contributed by atoms with Crippen LogP contribution in [-0.4, -0.2) is 12.9 Å². The normalized spacial score (nSPS) is 11.2. The summed E-state index contributed by atoms with van der Waals surface area (Å²) in [4.78, 5) is 10.4. The number of hydrogen-bond donors (Lipinski definition) is 0. The first-order valence-electron chi connectivity index (χ1n) is 2.95. The third-order valence-corrected chi connectivity index (χ3v) is 0.975. The molecule has 0 unspecified atom stereocenters. The average Bonchev–Trinajstić information content (AvgIpc) is 1.82. The predicted octanol–water partition coefficient (Wildman–Crippen LogP) is 1.52. The van der Waals surface area contributed by atoms with Crippen molar-refractivity contribution in [1.82, 2.24) is 0 Å². The second kappa shape index (κ2) is 4.13. The zero-order chi connectivity index (χ0) is 7.28. The highest BCUT2D eigenvalue weighted by Gasteiger charge is 1.91. The summed E-state index contributed by atoms with van der Waals surface area (Å²) in [6.45, 7) is 3.45. The van der Waals surface area contributed by atoms with Gasteiger partial charge in [-0.15, -0.1) is 0 Å². The first-order valence-corrected chi connectivity index (χ1v) is 2.95. The SMILES string of the molecule is CC/C(=C/C(C)=O)OC. The summed E-state index contributed by atoms with van der Waals surface area (Å²) in [6.07, 6.45) is 2.27. The van der Waals surface area contributed by atoms with Gasteiger partial charge >= 0.3 is 0 Å². The van der Waals surface area contributed by atoms with Gasteiger partial charge in [0.15, 0.2) is 5.78 Å². The number of rotatable bonds is 3. The lowest BCUT2D eigenvalue weighted by atomic mass is 10.3. The van der Waals surface area contributed by atoms with Crippen molar-refractivity contribution < 1.29 is 9.53 Å². The van der Waals surface area contributed by atoms with E-state index in [0.717, 1.165) is 12.2 Å². The Hall–Kier alpha value is -0.790. The average molecular weight is 128 g/mol. The molecule has 0 saturated heterocycles. The van der Waals surface area contributed by atoms with Crippen molar-refractivity contribution in [3.8, 4) is 0 Å². The lowest BCUT2D eigenvalue weighted by molar-refractivity contribution is -0.112. The van der Waals surface area contributed by atoms with Gasteiger partial charge in [-0.25, -0.2) is 0 Å². The van der Waals surface area contributed by atoms with Gasteiger partial charge in [-0.3, -0.25) is 4.79 Å². The minimum Gasteiger partial charge on any atom is -0.501 e. The number of ketones is 1. The fraction of sp³-hybridized carbons (Fsp3) is 0.571. The number of methoxy groups -OCH3 is 1. The lowest BCUT2D eigenvalue weighted by Gasteiger charge is -1.98. The van der Waals surface area contributed by atoms with Crippen molar-refractivity contribution in [1.29, 1.82) is 0 Å². The molecule has 9 heavy (non-hydrogen) atoms. The first kappa shape index (κ1) is 8.21. The van der Waals surface area contributed by atoms with Crippen LogP contribution in [0.2, 0.25) is 0 Å². The molecule has 0 atom stereocenters. The Balaban J connectivity index is 3.91. The Morgan fingerprint density at radius 1 is 1.67 bits per heavy atom. The quantitative estimate of drug-likeness (QED) is 0.425. The highest BCUT2D eigenvalue weighted by atomic mass is 16.5. The van der Waals surface area contributed by atoms with E-state index in [-0.39, 0.29) is 5.78 Å². The van der Waals surface area contributed by atoms with Crippen LogP contribution >= 0.6 is 0 Å². The molecule has 2 heteroatoms. The van der Waals surface area contributed by atoms with Crippen LogP contribution in [0, 0.1) is 0 Å². The number of carbonyl (C=O) groups excluding carboxylic acids is 1. The zero-order valence-electron chi connectivity index (χ0n) is 6.10. The van der Waals surface area contributed by atoms with Crippen molar-refractivity contribution in [3.05, 3.63) is 11.8 Å². The Kier molecular flexibility index (Phi) is 3.76. The van der Waals surface area contributed by atoms with Gasteiger partial charge in [-0.1, -0.05) is 6.92 Å². The standard InChI is InChI=1S/C7H12O2/c1-4-7(9-3)5-6(2)8/h5H,4H2,1-3H3/b7-5-. The molecular weight excluding hydrogens is 116 g/mol. The van der Waals surface area contributed by atoms with Gasteiger partial charge in [0.25, 0.3) is 0 Å². The fourth-order valence-electron chi connectivity index (χ4n) is 0.532. The molecule has 0 aliphatic rings. The summed E-state index contributed by atoms with van der Waals surface area (Å²) in [5.74, 6) is 0.774. The zero-order valence-corrected chi connectivity index (χ0v) is 6.10. The molecule has 0 spiro atoms. The molecule has 0 aliphatic carbocycles. The van der Waals surface area contributed by atoms with E-state index in [2.05, 4.69) is 0 Å². The van der Waals surface area contributed by atoms with E-state index in [4.69, 9.17) is 4.74 Å². The van der Waals surface area contributed by atoms with E-state index in [1.165, 1.54) is 13.0 Å². The maximum absolute atomic E-state index is 10.4. The molecule has 0 aromatic heterocycles. The molecule has 0 fully saturated rings. The van der Waals surface area contributed by atoms with Gasteiger partial charge in [0.05, 0.1) is 12.9 Å². The van der Waals surface area contributed by atoms with Gasteiger partial charge in [-0.05, 0) is 6.92 Å². The Morgan fingerprint density at radius 3 is 2.33 bits per heavy atom. The topological polar surface area (TPSA) is 26.3 Å². The highest BCUT2D eigenvalue weighted by molar-refractivity contribution is 5.87. The second-order valence-corrected chi connectivity index (χ2v) is 1.78. The van der Waals surface area contributed by atoms with Gasteiger partial charge in [0, 0.05) is 12.5 Å². The molecule has 0 aromatic rings. The number of ether oxygens (including phenoxy) is 1. The third kappa shape index (κ3) is 3.76. The minimum atomic E-state index is 0.0358. The van der Waals surface area contributed by atoms with Crippen molar-refractivity contribution in [2.24, 2.45) is 0 Å². The van der Waals surface area contributed by atoms with Crippen LogP contribution in [0.5, 0.6) is 0 Å². The maximum Gasteiger partial charge on any atom is 0.155 e. The van der Waals surface area contributed by atoms with Crippen molar-refractivity contribution in [3.63, 3.8) is 0 Å². The summed E-state index contributed by atoms with van der Waals surface area (Å²) in [6, 6.07) is 0. The number of allylic oxidation sites excluding steroid dienone is 2. The van der Waals surface area contributed by atoms with E-state index in [1.807, 2.05) is 6.92 Å². The van der Waals surface area contributed by atoms with Crippen LogP contribution in [-0.2, 0) is 9.53 Å². The molecule has 52 valence electrons. The molecule has 0 aromatic carbocycles. The van der Waals surface area contributed by atoms with Gasteiger partial charge in [0.2, 0.25) is 0 Å². The van der Waals surface area contributed by atoms with Crippen molar-refractivity contribution in [2.45, 2.75) is 20.3 Å². The molecular formula is C7H12O2. The summed E-state index contributed by atoms with van der Waals surface area (Å²) in [5, 5.41) is 0. The summed E-state index contributed by atoms with van der Waals surface area (Å²) >= 11 is 0. The van der Waals surface area contributed by atoms with Gasteiger partial charge < -0.3 is 4.74 Å². The highest BCUT2D eigenvalue weighted by Crippen LogP contribution is 1.99. The molecule has 2 nitrogen and oxygen atoms in total. The van der Waals surface area contributed by atoms with Gasteiger partial charge in [0.1, 0.15) is 0 Å². The van der Waals surface area contributed by atoms with Crippen LogP contribution in [0.25, 0.3) is 0 Å². The van der Waals surface area contributed by atoms with E-state index in [9.17, 15) is 4.79 Å². The van der Waals surface area contributed by atoms with E-state index >= 15 is 0 Å². The minimum absolute atomic E-state index is 0.0358. The molecule has 0 saturated carbocycles. The fourth-order valence-corrected chi connectivity index (χ4v) is 0.532. The lowest BCUT2D eigenvalue weighted by Crippen LogP contribution is -1.89.